The molecule has 1 atom stereocenters. The van der Waals surface area contributed by atoms with Crippen molar-refractivity contribution in [1.82, 2.24) is 0 Å². The number of hydrogen-bond acceptors (Lipinski definition) is 1. The molecule has 0 heterocycles. The first-order valence-corrected chi connectivity index (χ1v) is 5.76. The van der Waals surface area contributed by atoms with Crippen molar-refractivity contribution in [2.24, 2.45) is 0 Å². The number of halogens is 3. The molecule has 0 aliphatic rings. The van der Waals surface area contributed by atoms with Crippen molar-refractivity contribution in [2.75, 3.05) is 0 Å². The molecule has 0 aromatic heterocycles. The predicted octanol–water partition coefficient (Wildman–Crippen LogP) is 3.81. The predicted molar refractivity (Wildman–Crippen MR) is 64.6 cm³/mol. The van der Waals surface area contributed by atoms with E-state index in [2.05, 4.69) is 15.9 Å². The zero-order chi connectivity index (χ0) is 12.4. The molecule has 0 fully saturated rings. The molecule has 88 valence electrons. The normalized spacial score (nSPS) is 12.5. The van der Waals surface area contributed by atoms with E-state index in [0.717, 1.165) is 12.1 Å². The summed E-state index contributed by atoms with van der Waals surface area (Å²) in [5.41, 5.74) is 0.118. The Morgan fingerprint density at radius 1 is 1.00 bits per heavy atom. The highest BCUT2D eigenvalue weighted by molar-refractivity contribution is 9.10. The Morgan fingerprint density at radius 3 is 2.06 bits per heavy atom. The van der Waals surface area contributed by atoms with Crippen molar-refractivity contribution in [2.45, 2.75) is 6.10 Å². The van der Waals surface area contributed by atoms with Crippen molar-refractivity contribution in [1.29, 1.82) is 0 Å². The highest BCUT2D eigenvalue weighted by Gasteiger charge is 2.20. The highest BCUT2D eigenvalue weighted by atomic mass is 79.9. The molecule has 2 rings (SSSR count). The van der Waals surface area contributed by atoms with Crippen molar-refractivity contribution in [3.8, 4) is 0 Å². The van der Waals surface area contributed by atoms with Gasteiger partial charge >= 0.3 is 0 Å². The Hall–Kier alpha value is -1.26. The van der Waals surface area contributed by atoms with E-state index in [1.165, 1.54) is 0 Å². The van der Waals surface area contributed by atoms with Crippen LogP contribution in [-0.2, 0) is 0 Å². The smallest absolute Gasteiger partial charge is 0.133 e. The van der Waals surface area contributed by atoms with Crippen LogP contribution in [0.3, 0.4) is 0 Å². The van der Waals surface area contributed by atoms with E-state index >= 15 is 0 Å². The monoisotopic (exact) mass is 298 g/mol. The van der Waals surface area contributed by atoms with E-state index in [0.29, 0.717) is 10.0 Å². The standard InChI is InChI=1S/C13H9BrF2O/c14-9-6-10(15)12(11(16)7-9)13(17)8-4-2-1-3-5-8/h1-7,13,17H. The first kappa shape index (κ1) is 12.2. The molecule has 0 radical (unpaired) electrons. The van der Waals surface area contributed by atoms with Crippen molar-refractivity contribution in [3.63, 3.8) is 0 Å². The number of benzene rings is 2. The lowest BCUT2D eigenvalue weighted by atomic mass is 10.0. The Morgan fingerprint density at radius 2 is 1.53 bits per heavy atom. The first-order valence-electron chi connectivity index (χ1n) is 4.97. The summed E-state index contributed by atoms with van der Waals surface area (Å²) in [5.74, 6) is -1.54. The minimum absolute atomic E-state index is 0.302. The average molecular weight is 299 g/mol. The molecule has 2 aromatic rings. The van der Waals surface area contributed by atoms with Gasteiger partial charge in [0, 0.05) is 4.47 Å². The minimum atomic E-state index is -1.30. The van der Waals surface area contributed by atoms with Gasteiger partial charge in [-0.15, -0.1) is 0 Å². The third kappa shape index (κ3) is 2.53. The summed E-state index contributed by atoms with van der Waals surface area (Å²) >= 11 is 2.99. The van der Waals surface area contributed by atoms with Crippen LogP contribution in [0.1, 0.15) is 17.2 Å². The maximum Gasteiger partial charge on any atom is 0.133 e. The van der Waals surface area contributed by atoms with E-state index in [-0.39, 0.29) is 5.56 Å². The molecule has 1 N–H and O–H groups in total. The van der Waals surface area contributed by atoms with E-state index < -0.39 is 17.7 Å². The SMILES string of the molecule is OC(c1ccccc1)c1c(F)cc(Br)cc1F. The van der Waals surface area contributed by atoms with Gasteiger partial charge in [0.1, 0.15) is 17.7 Å². The van der Waals surface area contributed by atoms with Crippen LogP contribution in [0.15, 0.2) is 46.9 Å². The molecule has 17 heavy (non-hydrogen) atoms. The molecular weight excluding hydrogens is 290 g/mol. The fourth-order valence-electron chi connectivity index (χ4n) is 1.62. The lowest BCUT2D eigenvalue weighted by Crippen LogP contribution is -2.05. The molecule has 1 unspecified atom stereocenters. The molecule has 0 saturated carbocycles. The minimum Gasteiger partial charge on any atom is -0.383 e. The van der Waals surface area contributed by atoms with Crippen LogP contribution >= 0.6 is 15.9 Å². The first-order chi connectivity index (χ1) is 8.09. The lowest BCUT2D eigenvalue weighted by Gasteiger charge is -2.13. The van der Waals surface area contributed by atoms with Gasteiger partial charge in [-0.2, -0.15) is 0 Å². The zero-order valence-electron chi connectivity index (χ0n) is 8.70. The van der Waals surface area contributed by atoms with Crippen LogP contribution in [0.2, 0.25) is 0 Å². The molecule has 4 heteroatoms. The van der Waals surface area contributed by atoms with Gasteiger partial charge < -0.3 is 5.11 Å². The highest BCUT2D eigenvalue weighted by Crippen LogP contribution is 2.28. The fourth-order valence-corrected chi connectivity index (χ4v) is 2.02. The molecule has 0 saturated heterocycles. The van der Waals surface area contributed by atoms with Crippen molar-refractivity contribution < 1.29 is 13.9 Å². The van der Waals surface area contributed by atoms with E-state index in [1.54, 1.807) is 30.3 Å². The Labute approximate surface area is 106 Å². The van der Waals surface area contributed by atoms with Crippen LogP contribution in [0.25, 0.3) is 0 Å². The summed E-state index contributed by atoms with van der Waals surface area (Å²) in [4.78, 5) is 0. The number of aliphatic hydroxyl groups is 1. The molecule has 0 amide bonds. The second-order valence-electron chi connectivity index (χ2n) is 3.60. The molecule has 0 bridgehead atoms. The Kier molecular flexibility index (Phi) is 3.54. The molecular formula is C13H9BrF2O. The van der Waals surface area contributed by atoms with Crippen molar-refractivity contribution >= 4 is 15.9 Å². The van der Waals surface area contributed by atoms with E-state index in [1.807, 2.05) is 0 Å². The zero-order valence-corrected chi connectivity index (χ0v) is 10.3. The van der Waals surface area contributed by atoms with Crippen LogP contribution in [0, 0.1) is 11.6 Å². The van der Waals surface area contributed by atoms with Gasteiger partial charge in [0.2, 0.25) is 0 Å². The largest absolute Gasteiger partial charge is 0.383 e. The van der Waals surface area contributed by atoms with Crippen LogP contribution in [0.5, 0.6) is 0 Å². The summed E-state index contributed by atoms with van der Waals surface area (Å²) in [7, 11) is 0. The quantitative estimate of drug-likeness (QED) is 0.894. The van der Waals surface area contributed by atoms with Gasteiger partial charge in [-0.3, -0.25) is 0 Å². The van der Waals surface area contributed by atoms with Crippen molar-refractivity contribution in [3.05, 3.63) is 69.7 Å². The summed E-state index contributed by atoms with van der Waals surface area (Å²) in [6.45, 7) is 0. The van der Waals surface area contributed by atoms with Crippen LogP contribution in [0.4, 0.5) is 8.78 Å². The number of rotatable bonds is 2. The van der Waals surface area contributed by atoms with Gasteiger partial charge in [0.15, 0.2) is 0 Å². The molecule has 0 spiro atoms. The van der Waals surface area contributed by atoms with Gasteiger partial charge in [0.25, 0.3) is 0 Å². The molecule has 2 aromatic carbocycles. The maximum absolute atomic E-state index is 13.6. The Balaban J connectivity index is 2.48. The summed E-state index contributed by atoms with van der Waals surface area (Å²) in [6.07, 6.45) is -1.30. The van der Waals surface area contributed by atoms with Gasteiger partial charge in [-0.1, -0.05) is 46.3 Å². The topological polar surface area (TPSA) is 20.2 Å². The second-order valence-corrected chi connectivity index (χ2v) is 4.51. The van der Waals surface area contributed by atoms with E-state index in [9.17, 15) is 13.9 Å². The third-order valence-electron chi connectivity index (χ3n) is 2.43. The summed E-state index contributed by atoms with van der Waals surface area (Å²) in [6, 6.07) is 10.7. The molecule has 0 aliphatic carbocycles. The van der Waals surface area contributed by atoms with Gasteiger partial charge in [-0.25, -0.2) is 8.78 Å². The Bertz CT molecular complexity index is 505. The lowest BCUT2D eigenvalue weighted by molar-refractivity contribution is 0.209. The number of aliphatic hydroxyl groups excluding tert-OH is 1. The van der Waals surface area contributed by atoms with E-state index in [4.69, 9.17) is 0 Å². The van der Waals surface area contributed by atoms with Crippen LogP contribution in [-0.4, -0.2) is 5.11 Å². The summed E-state index contributed by atoms with van der Waals surface area (Å²) < 4.78 is 27.5. The second kappa shape index (κ2) is 4.94. The average Bonchev–Trinajstić information content (AvgIpc) is 2.28. The molecule has 0 aliphatic heterocycles. The summed E-state index contributed by atoms with van der Waals surface area (Å²) in [5, 5.41) is 9.95. The van der Waals surface area contributed by atoms with Crippen LogP contribution < -0.4 is 0 Å². The number of hydrogen-bond donors (Lipinski definition) is 1. The third-order valence-corrected chi connectivity index (χ3v) is 2.89. The van der Waals surface area contributed by atoms with Gasteiger partial charge in [0.05, 0.1) is 5.56 Å². The molecule has 1 nitrogen and oxygen atoms in total. The fraction of sp³-hybridized carbons (Fsp3) is 0.0769. The van der Waals surface area contributed by atoms with Gasteiger partial charge in [-0.05, 0) is 17.7 Å². The maximum atomic E-state index is 13.6.